The van der Waals surface area contributed by atoms with Crippen molar-refractivity contribution in [3.05, 3.63) is 24.3 Å². The molecule has 1 aliphatic heterocycles. The van der Waals surface area contributed by atoms with Gasteiger partial charge in [0, 0.05) is 6.54 Å². The Kier molecular flexibility index (Phi) is 3.28. The van der Waals surface area contributed by atoms with Crippen molar-refractivity contribution in [2.75, 3.05) is 37.6 Å². The minimum Gasteiger partial charge on any atom is -0.309 e. The van der Waals surface area contributed by atoms with Gasteiger partial charge < -0.3 is 4.90 Å². The number of anilines is 2. The van der Waals surface area contributed by atoms with Gasteiger partial charge in [-0.1, -0.05) is 12.1 Å². The molecule has 0 amide bonds. The Labute approximate surface area is 95.8 Å². The summed E-state index contributed by atoms with van der Waals surface area (Å²) in [6.07, 6.45) is 1.00. The van der Waals surface area contributed by atoms with E-state index < -0.39 is 0 Å². The van der Waals surface area contributed by atoms with Crippen molar-refractivity contribution in [2.24, 2.45) is 0 Å². The third-order valence-electron chi connectivity index (χ3n) is 2.61. The molecule has 0 aliphatic carbocycles. The van der Waals surface area contributed by atoms with Crippen LogP contribution >= 0.6 is 0 Å². The maximum absolute atomic E-state index is 9.71. The largest absolute Gasteiger partial charge is 0.309 e. The highest BCUT2D eigenvalue weighted by molar-refractivity contribution is 5.72. The molecule has 0 saturated carbocycles. The van der Waals surface area contributed by atoms with Gasteiger partial charge in [-0.3, -0.25) is 15.6 Å². The number of benzene rings is 1. The van der Waals surface area contributed by atoms with Crippen LogP contribution in [0.5, 0.6) is 0 Å². The second-order valence-electron chi connectivity index (χ2n) is 4.20. The summed E-state index contributed by atoms with van der Waals surface area (Å²) in [5, 5.41) is 12.6. The lowest BCUT2D eigenvalue weighted by Crippen LogP contribution is -2.40. The highest BCUT2D eigenvalue weighted by Crippen LogP contribution is 2.32. The molecule has 1 aromatic carbocycles. The summed E-state index contributed by atoms with van der Waals surface area (Å²) in [6.45, 7) is 1.80. The van der Waals surface area contributed by atoms with Crippen LogP contribution in [0, 0.1) is 0 Å². The Balaban J connectivity index is 1.99. The second kappa shape index (κ2) is 4.69. The summed E-state index contributed by atoms with van der Waals surface area (Å²) in [7, 11) is 4.10. The predicted octanol–water partition coefficient (Wildman–Crippen LogP) is 1.39. The van der Waals surface area contributed by atoms with Crippen molar-refractivity contribution in [3.63, 3.8) is 0 Å². The Morgan fingerprint density at radius 1 is 1.31 bits per heavy atom. The predicted molar refractivity (Wildman–Crippen MR) is 64.2 cm³/mol. The maximum Gasteiger partial charge on any atom is 0.0809 e. The Bertz CT molecular complexity index is 356. The molecule has 1 aromatic rings. The van der Waals surface area contributed by atoms with Crippen molar-refractivity contribution >= 4 is 11.4 Å². The van der Waals surface area contributed by atoms with Crippen molar-refractivity contribution < 1.29 is 5.21 Å². The number of nitrogens with one attached hydrogen (secondary N) is 1. The van der Waals surface area contributed by atoms with Crippen molar-refractivity contribution in [1.82, 2.24) is 10.2 Å². The first-order valence-corrected chi connectivity index (χ1v) is 5.45. The number of rotatable bonds is 4. The summed E-state index contributed by atoms with van der Waals surface area (Å²) in [4.78, 5) is 2.14. The zero-order chi connectivity index (χ0) is 11.5. The summed E-state index contributed by atoms with van der Waals surface area (Å²) >= 11 is 0. The molecular weight excluding hydrogens is 204 g/mol. The molecule has 5 heteroatoms. The van der Waals surface area contributed by atoms with Gasteiger partial charge in [-0.2, -0.15) is 0 Å². The van der Waals surface area contributed by atoms with Crippen LogP contribution in [-0.2, 0) is 0 Å². The van der Waals surface area contributed by atoms with Crippen LogP contribution in [-0.4, -0.2) is 42.6 Å². The molecule has 1 aliphatic rings. The minimum atomic E-state index is 0.790. The van der Waals surface area contributed by atoms with Gasteiger partial charge in [-0.15, -0.1) is 0 Å². The van der Waals surface area contributed by atoms with Crippen LogP contribution in [0.4, 0.5) is 11.4 Å². The molecule has 0 unspecified atom stereocenters. The first kappa shape index (κ1) is 11.2. The van der Waals surface area contributed by atoms with Crippen molar-refractivity contribution in [3.8, 4) is 0 Å². The molecule has 5 nitrogen and oxygen atoms in total. The molecule has 2 N–H and O–H groups in total. The van der Waals surface area contributed by atoms with E-state index in [-0.39, 0.29) is 0 Å². The molecule has 16 heavy (non-hydrogen) atoms. The topological polar surface area (TPSA) is 42.0 Å². The first-order valence-electron chi connectivity index (χ1n) is 5.45. The monoisotopic (exact) mass is 222 g/mol. The highest BCUT2D eigenvalue weighted by atomic mass is 16.6. The van der Waals surface area contributed by atoms with Gasteiger partial charge >= 0.3 is 0 Å². The van der Waals surface area contributed by atoms with Crippen molar-refractivity contribution in [1.29, 1.82) is 0 Å². The normalized spacial score (nSPS) is 15.4. The van der Waals surface area contributed by atoms with E-state index in [0.717, 1.165) is 36.2 Å². The third kappa shape index (κ3) is 2.27. The highest BCUT2D eigenvalue weighted by Gasteiger charge is 2.24. The first-order chi connectivity index (χ1) is 7.68. The molecule has 0 fully saturated rings. The molecule has 0 bridgehead atoms. The molecule has 88 valence electrons. The van der Waals surface area contributed by atoms with E-state index in [1.807, 2.05) is 43.4 Å². The lowest BCUT2D eigenvalue weighted by molar-refractivity contribution is -0.0709. The van der Waals surface area contributed by atoms with E-state index in [4.69, 9.17) is 0 Å². The fourth-order valence-corrected chi connectivity index (χ4v) is 1.82. The van der Waals surface area contributed by atoms with E-state index in [1.165, 1.54) is 0 Å². The van der Waals surface area contributed by atoms with Crippen LogP contribution in [0.25, 0.3) is 0 Å². The van der Waals surface area contributed by atoms with Crippen LogP contribution in [0.2, 0.25) is 0 Å². The summed E-state index contributed by atoms with van der Waals surface area (Å²) in [6, 6.07) is 7.86. The molecule has 0 aromatic heterocycles. The number of nitrogens with zero attached hydrogens (tertiary/aromatic N) is 3. The standard InChI is InChI=1S/C11H18N4O/c1-13(2)8-5-9-14-11-7-4-3-6-10(11)12-15(14)16/h3-4,6-7,12,16H,5,8-9H2,1-2H3. The van der Waals surface area contributed by atoms with Gasteiger partial charge in [-0.05, 0) is 44.5 Å². The average molecular weight is 222 g/mol. The average Bonchev–Trinajstić information content (AvgIpc) is 2.55. The van der Waals surface area contributed by atoms with E-state index in [2.05, 4.69) is 10.3 Å². The number of fused-ring (bicyclic) bond motifs is 1. The molecule has 2 rings (SSSR count). The Morgan fingerprint density at radius 3 is 2.81 bits per heavy atom. The second-order valence-corrected chi connectivity index (χ2v) is 4.20. The molecule has 0 radical (unpaired) electrons. The number of hydrogen-bond acceptors (Lipinski definition) is 5. The smallest absolute Gasteiger partial charge is 0.0809 e. The lowest BCUT2D eigenvalue weighted by atomic mass is 10.2. The molecule has 1 heterocycles. The van der Waals surface area contributed by atoms with Crippen LogP contribution in [0.1, 0.15) is 6.42 Å². The summed E-state index contributed by atoms with van der Waals surface area (Å²) in [5.74, 6) is 0. The van der Waals surface area contributed by atoms with Gasteiger partial charge in [-0.25, -0.2) is 0 Å². The van der Waals surface area contributed by atoms with Gasteiger partial charge in [0.1, 0.15) is 0 Å². The van der Waals surface area contributed by atoms with Crippen molar-refractivity contribution in [2.45, 2.75) is 6.42 Å². The summed E-state index contributed by atoms with van der Waals surface area (Å²) < 4.78 is 0. The van der Waals surface area contributed by atoms with Gasteiger partial charge in [0.2, 0.25) is 0 Å². The fourth-order valence-electron chi connectivity index (χ4n) is 1.82. The Morgan fingerprint density at radius 2 is 2.06 bits per heavy atom. The number of hydrazine groups is 2. The van der Waals surface area contributed by atoms with Gasteiger partial charge in [0.25, 0.3) is 0 Å². The zero-order valence-electron chi connectivity index (χ0n) is 9.72. The number of hydrogen-bond donors (Lipinski definition) is 2. The molecular formula is C11H18N4O. The summed E-state index contributed by atoms with van der Waals surface area (Å²) in [5.41, 5.74) is 4.84. The minimum absolute atomic E-state index is 0.790. The molecule has 0 saturated heterocycles. The zero-order valence-corrected chi connectivity index (χ0v) is 9.72. The maximum atomic E-state index is 9.71. The van der Waals surface area contributed by atoms with E-state index in [1.54, 1.807) is 0 Å². The van der Waals surface area contributed by atoms with Crippen LogP contribution in [0.15, 0.2) is 24.3 Å². The van der Waals surface area contributed by atoms with Gasteiger partial charge in [0.15, 0.2) is 0 Å². The third-order valence-corrected chi connectivity index (χ3v) is 2.61. The van der Waals surface area contributed by atoms with Crippen LogP contribution < -0.4 is 10.4 Å². The molecule has 0 atom stereocenters. The fraction of sp³-hybridized carbons (Fsp3) is 0.455. The number of para-hydroxylation sites is 2. The Hall–Kier alpha value is -1.30. The van der Waals surface area contributed by atoms with E-state index in [9.17, 15) is 5.21 Å². The lowest BCUT2D eigenvalue weighted by Gasteiger charge is -2.23. The molecule has 0 spiro atoms. The van der Waals surface area contributed by atoms with Gasteiger partial charge in [0.05, 0.1) is 11.4 Å². The SMILES string of the molecule is CN(C)CCCN1c2ccccc2NN1O. The quantitative estimate of drug-likeness (QED) is 0.806. The van der Waals surface area contributed by atoms with Crippen LogP contribution in [0.3, 0.4) is 0 Å². The van der Waals surface area contributed by atoms with E-state index in [0.29, 0.717) is 0 Å². The van der Waals surface area contributed by atoms with E-state index >= 15 is 0 Å².